The summed E-state index contributed by atoms with van der Waals surface area (Å²) in [6.07, 6.45) is 4.97. The summed E-state index contributed by atoms with van der Waals surface area (Å²) in [5, 5.41) is 0. The maximum atomic E-state index is 12.5. The second-order valence-corrected chi connectivity index (χ2v) is 6.94. The number of Topliss-reactive ketones (excluding diaryl/α,β-unsaturated/α-hetero) is 1. The molecule has 1 heterocycles. The van der Waals surface area contributed by atoms with Gasteiger partial charge in [-0.15, -0.1) is 0 Å². The first-order valence-electron chi connectivity index (χ1n) is 7.28. The molecule has 0 amide bonds. The molecule has 1 rings (SSSR count). The molecule has 0 saturated carbocycles. The van der Waals surface area contributed by atoms with E-state index in [-0.39, 0.29) is 17.9 Å². The standard InChI is InChI=1S/C15H24NO4P/c1-4-19-21(18,20-5-2)12-15(13(3)17)9-8-14-7-6-10-16-11-14/h6-7,10-11,15H,4-5,8-9,12H2,1-3H3. The van der Waals surface area contributed by atoms with Crippen molar-refractivity contribution in [3.63, 3.8) is 0 Å². The van der Waals surface area contributed by atoms with Gasteiger partial charge in [0.1, 0.15) is 5.78 Å². The number of hydrogen-bond donors (Lipinski definition) is 0. The highest BCUT2D eigenvalue weighted by Crippen LogP contribution is 2.50. The number of aromatic nitrogens is 1. The predicted octanol–water partition coefficient (Wildman–Crippen LogP) is 3.49. The summed E-state index contributed by atoms with van der Waals surface area (Å²) in [6, 6.07) is 3.83. The highest BCUT2D eigenvalue weighted by Gasteiger charge is 2.30. The molecule has 0 aliphatic heterocycles. The summed E-state index contributed by atoms with van der Waals surface area (Å²) in [5.74, 6) is -0.312. The highest BCUT2D eigenvalue weighted by atomic mass is 31.2. The van der Waals surface area contributed by atoms with Gasteiger partial charge in [-0.3, -0.25) is 14.3 Å². The molecule has 0 aliphatic carbocycles. The minimum absolute atomic E-state index is 0.0125. The Hall–Kier alpha value is -1.03. The maximum Gasteiger partial charge on any atom is 0.331 e. The number of carbonyl (C=O) groups is 1. The van der Waals surface area contributed by atoms with Gasteiger partial charge in [0.05, 0.1) is 19.4 Å². The molecular formula is C15H24NO4P. The van der Waals surface area contributed by atoms with Gasteiger partial charge in [-0.05, 0) is 45.2 Å². The third-order valence-corrected chi connectivity index (χ3v) is 5.37. The van der Waals surface area contributed by atoms with Crippen LogP contribution in [0.2, 0.25) is 0 Å². The van der Waals surface area contributed by atoms with E-state index in [1.807, 2.05) is 12.1 Å². The van der Waals surface area contributed by atoms with E-state index in [0.717, 1.165) is 12.0 Å². The first-order chi connectivity index (χ1) is 10.0. The van der Waals surface area contributed by atoms with Crippen LogP contribution in [0.4, 0.5) is 0 Å². The van der Waals surface area contributed by atoms with Gasteiger partial charge in [-0.25, -0.2) is 0 Å². The molecule has 0 bridgehead atoms. The Labute approximate surface area is 126 Å². The van der Waals surface area contributed by atoms with Gasteiger partial charge in [-0.2, -0.15) is 0 Å². The number of carbonyl (C=O) groups excluding carboxylic acids is 1. The van der Waals surface area contributed by atoms with Crippen molar-refractivity contribution in [2.24, 2.45) is 5.92 Å². The minimum Gasteiger partial charge on any atom is -0.309 e. The zero-order valence-corrected chi connectivity index (χ0v) is 13.8. The van der Waals surface area contributed by atoms with E-state index in [1.165, 1.54) is 6.92 Å². The van der Waals surface area contributed by atoms with Crippen molar-refractivity contribution in [2.45, 2.75) is 33.6 Å². The Morgan fingerprint density at radius 2 is 2.00 bits per heavy atom. The Morgan fingerprint density at radius 1 is 1.33 bits per heavy atom. The van der Waals surface area contributed by atoms with E-state index >= 15 is 0 Å². The van der Waals surface area contributed by atoms with Crippen molar-refractivity contribution in [2.75, 3.05) is 19.4 Å². The van der Waals surface area contributed by atoms with Gasteiger partial charge < -0.3 is 9.05 Å². The van der Waals surface area contributed by atoms with E-state index in [1.54, 1.807) is 26.2 Å². The number of aryl methyl sites for hydroxylation is 1. The maximum absolute atomic E-state index is 12.5. The second kappa shape index (κ2) is 9.08. The molecule has 0 saturated heterocycles. The first kappa shape index (κ1) is 18.0. The highest BCUT2D eigenvalue weighted by molar-refractivity contribution is 7.53. The molecule has 5 nitrogen and oxygen atoms in total. The SMILES string of the molecule is CCOP(=O)(CC(CCc1cccnc1)C(C)=O)OCC. The van der Waals surface area contributed by atoms with Crippen molar-refractivity contribution in [1.82, 2.24) is 4.98 Å². The number of hydrogen-bond acceptors (Lipinski definition) is 5. The molecule has 0 fully saturated rings. The Kier molecular flexibility index (Phi) is 7.79. The van der Waals surface area contributed by atoms with Crippen LogP contribution in [0.15, 0.2) is 24.5 Å². The summed E-state index contributed by atoms with van der Waals surface area (Å²) >= 11 is 0. The fourth-order valence-corrected chi connectivity index (χ4v) is 4.17. The minimum atomic E-state index is -3.19. The molecule has 0 aliphatic rings. The van der Waals surface area contributed by atoms with Crippen LogP contribution in [0.25, 0.3) is 0 Å². The van der Waals surface area contributed by atoms with Crippen molar-refractivity contribution >= 4 is 13.4 Å². The lowest BCUT2D eigenvalue weighted by Gasteiger charge is -2.21. The Morgan fingerprint density at radius 3 is 2.48 bits per heavy atom. The average Bonchev–Trinajstić information content (AvgIpc) is 2.45. The predicted molar refractivity (Wildman–Crippen MR) is 82.5 cm³/mol. The second-order valence-electron chi connectivity index (χ2n) is 4.84. The smallest absolute Gasteiger partial charge is 0.309 e. The molecule has 0 aromatic carbocycles. The molecular weight excluding hydrogens is 289 g/mol. The molecule has 1 atom stereocenters. The molecule has 0 spiro atoms. The van der Waals surface area contributed by atoms with Crippen molar-refractivity contribution in [3.8, 4) is 0 Å². The third-order valence-electron chi connectivity index (χ3n) is 3.17. The van der Waals surface area contributed by atoms with E-state index in [2.05, 4.69) is 4.98 Å². The van der Waals surface area contributed by atoms with Crippen LogP contribution in [0.5, 0.6) is 0 Å². The van der Waals surface area contributed by atoms with Crippen LogP contribution in [-0.2, 0) is 24.8 Å². The topological polar surface area (TPSA) is 65.5 Å². The van der Waals surface area contributed by atoms with E-state index in [0.29, 0.717) is 19.6 Å². The van der Waals surface area contributed by atoms with E-state index in [4.69, 9.17) is 9.05 Å². The summed E-state index contributed by atoms with van der Waals surface area (Å²) in [7, 11) is -3.19. The lowest BCUT2D eigenvalue weighted by molar-refractivity contribution is -0.120. The van der Waals surface area contributed by atoms with Gasteiger partial charge in [0.15, 0.2) is 0 Å². The number of ketones is 1. The van der Waals surface area contributed by atoms with E-state index in [9.17, 15) is 9.36 Å². The number of rotatable bonds is 10. The van der Waals surface area contributed by atoms with Gasteiger partial charge in [0.2, 0.25) is 0 Å². The van der Waals surface area contributed by atoms with Crippen LogP contribution < -0.4 is 0 Å². The molecule has 1 unspecified atom stereocenters. The number of pyridine rings is 1. The Bertz CT molecular complexity index is 468. The van der Waals surface area contributed by atoms with Gasteiger partial charge >= 0.3 is 7.60 Å². The first-order valence-corrected chi connectivity index (χ1v) is 9.01. The zero-order valence-electron chi connectivity index (χ0n) is 12.9. The van der Waals surface area contributed by atoms with Crippen molar-refractivity contribution in [1.29, 1.82) is 0 Å². The molecule has 21 heavy (non-hydrogen) atoms. The zero-order chi connectivity index (χ0) is 15.7. The normalized spacial score (nSPS) is 13.1. The van der Waals surface area contributed by atoms with Crippen LogP contribution in [0.3, 0.4) is 0 Å². The van der Waals surface area contributed by atoms with Crippen LogP contribution in [-0.4, -0.2) is 30.1 Å². The summed E-state index contributed by atoms with van der Waals surface area (Å²) in [4.78, 5) is 15.9. The van der Waals surface area contributed by atoms with Gasteiger partial charge in [0, 0.05) is 18.3 Å². The van der Waals surface area contributed by atoms with Crippen LogP contribution in [0, 0.1) is 5.92 Å². The van der Waals surface area contributed by atoms with Gasteiger partial charge in [0.25, 0.3) is 0 Å². The fourth-order valence-electron chi connectivity index (χ4n) is 2.12. The molecule has 0 N–H and O–H groups in total. The van der Waals surface area contributed by atoms with Crippen molar-refractivity contribution in [3.05, 3.63) is 30.1 Å². The van der Waals surface area contributed by atoms with Crippen LogP contribution in [0.1, 0.15) is 32.8 Å². The van der Waals surface area contributed by atoms with E-state index < -0.39 is 7.60 Å². The molecule has 1 aromatic heterocycles. The van der Waals surface area contributed by atoms with Gasteiger partial charge in [-0.1, -0.05) is 6.07 Å². The molecule has 1 aromatic rings. The lowest BCUT2D eigenvalue weighted by atomic mass is 9.99. The van der Waals surface area contributed by atoms with Crippen LogP contribution >= 0.6 is 7.60 Å². The summed E-state index contributed by atoms with van der Waals surface area (Å²) < 4.78 is 23.1. The largest absolute Gasteiger partial charge is 0.331 e. The quantitative estimate of drug-likeness (QED) is 0.619. The summed E-state index contributed by atoms with van der Waals surface area (Å²) in [6.45, 7) is 5.68. The monoisotopic (exact) mass is 313 g/mol. The number of nitrogens with zero attached hydrogens (tertiary/aromatic N) is 1. The third kappa shape index (κ3) is 6.51. The summed E-state index contributed by atoms with van der Waals surface area (Å²) in [5.41, 5.74) is 1.06. The van der Waals surface area contributed by atoms with Crippen molar-refractivity contribution < 1.29 is 18.4 Å². The average molecular weight is 313 g/mol. The molecule has 0 radical (unpaired) electrons. The Balaban J connectivity index is 2.68. The lowest BCUT2D eigenvalue weighted by Crippen LogP contribution is -2.18. The fraction of sp³-hybridized carbons (Fsp3) is 0.600. The molecule has 6 heteroatoms. The molecule has 118 valence electrons.